The summed E-state index contributed by atoms with van der Waals surface area (Å²) in [6.07, 6.45) is 1.38. The lowest BCUT2D eigenvalue weighted by Gasteiger charge is -2.08. The quantitative estimate of drug-likeness (QED) is 0.308. The van der Waals surface area contributed by atoms with Gasteiger partial charge in [0, 0.05) is 12.1 Å². The highest BCUT2D eigenvalue weighted by atomic mass is 16.5. The van der Waals surface area contributed by atoms with Crippen molar-refractivity contribution in [3.05, 3.63) is 24.3 Å². The van der Waals surface area contributed by atoms with E-state index in [0.29, 0.717) is 18.1 Å². The summed E-state index contributed by atoms with van der Waals surface area (Å²) < 4.78 is 5.27. The van der Waals surface area contributed by atoms with Crippen LogP contribution in [0.3, 0.4) is 0 Å². The lowest BCUT2D eigenvalue weighted by Crippen LogP contribution is -2.20. The van der Waals surface area contributed by atoms with Gasteiger partial charge in [-0.15, -0.1) is 0 Å². The molecule has 0 aliphatic carbocycles. The normalized spacial score (nSPS) is 11.4. The number of benzene rings is 1. The molecule has 0 unspecified atom stereocenters. The fourth-order valence-electron chi connectivity index (χ4n) is 1.46. The lowest BCUT2D eigenvalue weighted by molar-refractivity contribution is -0.116. The fraction of sp³-hybridized carbons (Fsp3) is 0.429. The highest BCUT2D eigenvalue weighted by molar-refractivity contribution is 5.90. The molecule has 1 amide bonds. The largest absolute Gasteiger partial charge is 0.486 e. The molecular formula is C14H21N3O3. The Balaban J connectivity index is 2.44. The number of carbonyl (C=O) groups is 1. The summed E-state index contributed by atoms with van der Waals surface area (Å²) in [5, 5.41) is 14.0. The van der Waals surface area contributed by atoms with Crippen molar-refractivity contribution in [2.45, 2.75) is 26.7 Å². The minimum atomic E-state index is -0.00364. The Hall–Kier alpha value is -2.24. The summed E-state index contributed by atoms with van der Waals surface area (Å²) in [6.45, 7) is 4.18. The molecule has 0 saturated heterocycles. The highest BCUT2D eigenvalue weighted by Crippen LogP contribution is 2.16. The fourth-order valence-corrected chi connectivity index (χ4v) is 1.46. The number of carbonyl (C=O) groups excluding carboxylic acids is 1. The van der Waals surface area contributed by atoms with Crippen LogP contribution in [0.4, 0.5) is 5.69 Å². The molecule has 0 saturated carbocycles. The minimum Gasteiger partial charge on any atom is -0.486 e. The van der Waals surface area contributed by atoms with Crippen LogP contribution >= 0.6 is 0 Å². The zero-order valence-corrected chi connectivity index (χ0v) is 11.8. The molecule has 0 atom stereocenters. The topological polar surface area (TPSA) is 96.9 Å². The number of nitrogens with two attached hydrogens (primary N) is 1. The van der Waals surface area contributed by atoms with Crippen molar-refractivity contribution in [2.24, 2.45) is 16.8 Å². The molecule has 0 aromatic heterocycles. The molecular weight excluding hydrogens is 258 g/mol. The number of nitrogens with zero attached hydrogens (tertiary/aromatic N) is 1. The second kappa shape index (κ2) is 8.04. The van der Waals surface area contributed by atoms with Gasteiger partial charge < -0.3 is 21.0 Å². The number of hydrogen-bond donors (Lipinski definition) is 3. The smallest absolute Gasteiger partial charge is 0.224 e. The van der Waals surface area contributed by atoms with Crippen LogP contribution < -0.4 is 15.8 Å². The van der Waals surface area contributed by atoms with Gasteiger partial charge in [0.15, 0.2) is 5.84 Å². The second-order valence-electron chi connectivity index (χ2n) is 4.89. The summed E-state index contributed by atoms with van der Waals surface area (Å²) in [5.41, 5.74) is 6.01. The number of nitrogens with one attached hydrogen (secondary N) is 1. The SMILES string of the molecule is CC(C)CCC(=O)Nc1ccc(OC/C(N)=N/O)cc1. The third-order valence-electron chi connectivity index (χ3n) is 2.60. The van der Waals surface area contributed by atoms with Gasteiger partial charge in [0.05, 0.1) is 0 Å². The van der Waals surface area contributed by atoms with E-state index >= 15 is 0 Å². The Labute approximate surface area is 118 Å². The molecule has 20 heavy (non-hydrogen) atoms. The van der Waals surface area contributed by atoms with Crippen molar-refractivity contribution in [3.63, 3.8) is 0 Å². The van der Waals surface area contributed by atoms with Gasteiger partial charge in [-0.2, -0.15) is 0 Å². The van der Waals surface area contributed by atoms with Crippen molar-refractivity contribution in [3.8, 4) is 5.75 Å². The van der Waals surface area contributed by atoms with Gasteiger partial charge in [0.2, 0.25) is 5.91 Å². The van der Waals surface area contributed by atoms with E-state index in [1.165, 1.54) is 0 Å². The summed E-state index contributed by atoms with van der Waals surface area (Å²) in [4.78, 5) is 11.7. The molecule has 1 rings (SSSR count). The molecule has 6 heteroatoms. The number of amidine groups is 1. The van der Waals surface area contributed by atoms with E-state index in [9.17, 15) is 4.79 Å². The van der Waals surface area contributed by atoms with E-state index in [-0.39, 0.29) is 18.3 Å². The van der Waals surface area contributed by atoms with Crippen LogP contribution in [0.2, 0.25) is 0 Å². The molecule has 110 valence electrons. The number of rotatable bonds is 7. The van der Waals surface area contributed by atoms with Crippen molar-refractivity contribution in [2.75, 3.05) is 11.9 Å². The van der Waals surface area contributed by atoms with E-state index in [1.54, 1.807) is 24.3 Å². The van der Waals surface area contributed by atoms with Crippen LogP contribution in [-0.2, 0) is 4.79 Å². The summed E-state index contributed by atoms with van der Waals surface area (Å²) in [7, 11) is 0. The van der Waals surface area contributed by atoms with E-state index in [0.717, 1.165) is 12.1 Å². The van der Waals surface area contributed by atoms with E-state index in [4.69, 9.17) is 15.7 Å². The molecule has 0 radical (unpaired) electrons. The van der Waals surface area contributed by atoms with Gasteiger partial charge in [0.25, 0.3) is 0 Å². The highest BCUT2D eigenvalue weighted by Gasteiger charge is 2.04. The maximum absolute atomic E-state index is 11.7. The standard InChI is InChI=1S/C14H21N3O3/c1-10(2)3-8-14(18)16-11-4-6-12(7-5-11)20-9-13(15)17-19/h4-7,10,19H,3,8-9H2,1-2H3,(H2,15,17)(H,16,18). The molecule has 1 aromatic carbocycles. The second-order valence-corrected chi connectivity index (χ2v) is 4.89. The summed E-state index contributed by atoms with van der Waals surface area (Å²) >= 11 is 0. The van der Waals surface area contributed by atoms with Crippen LogP contribution in [0.5, 0.6) is 5.75 Å². The molecule has 0 aliphatic rings. The first-order chi connectivity index (χ1) is 9.51. The molecule has 6 nitrogen and oxygen atoms in total. The molecule has 1 aromatic rings. The minimum absolute atomic E-state index is 0.00364. The molecule has 0 heterocycles. The van der Waals surface area contributed by atoms with Gasteiger partial charge in [0.1, 0.15) is 12.4 Å². The monoisotopic (exact) mass is 279 g/mol. The first-order valence-corrected chi connectivity index (χ1v) is 6.50. The van der Waals surface area contributed by atoms with Crippen LogP contribution in [0.25, 0.3) is 0 Å². The van der Waals surface area contributed by atoms with Crippen LogP contribution in [0.15, 0.2) is 29.4 Å². The zero-order chi connectivity index (χ0) is 15.0. The van der Waals surface area contributed by atoms with E-state index in [1.807, 2.05) is 0 Å². The zero-order valence-electron chi connectivity index (χ0n) is 11.8. The van der Waals surface area contributed by atoms with Crippen molar-refractivity contribution < 1.29 is 14.7 Å². The van der Waals surface area contributed by atoms with Gasteiger partial charge in [-0.05, 0) is 36.6 Å². The van der Waals surface area contributed by atoms with Crippen molar-refractivity contribution >= 4 is 17.4 Å². The summed E-state index contributed by atoms with van der Waals surface area (Å²) in [6, 6.07) is 6.91. The Morgan fingerprint density at radius 1 is 1.40 bits per heavy atom. The van der Waals surface area contributed by atoms with Crippen LogP contribution in [0, 0.1) is 5.92 Å². The Bertz CT molecular complexity index is 455. The first-order valence-electron chi connectivity index (χ1n) is 6.50. The number of oxime groups is 1. The molecule has 0 bridgehead atoms. The maximum atomic E-state index is 11.7. The van der Waals surface area contributed by atoms with Gasteiger partial charge in [-0.25, -0.2) is 0 Å². The number of anilines is 1. The number of hydrogen-bond acceptors (Lipinski definition) is 4. The van der Waals surface area contributed by atoms with Crippen LogP contribution in [0.1, 0.15) is 26.7 Å². The maximum Gasteiger partial charge on any atom is 0.224 e. The predicted molar refractivity (Wildman–Crippen MR) is 78.0 cm³/mol. The Morgan fingerprint density at radius 2 is 2.05 bits per heavy atom. The average Bonchev–Trinajstić information content (AvgIpc) is 2.44. The van der Waals surface area contributed by atoms with Gasteiger partial charge in [-0.1, -0.05) is 19.0 Å². The van der Waals surface area contributed by atoms with Crippen molar-refractivity contribution in [1.82, 2.24) is 0 Å². The Morgan fingerprint density at radius 3 is 2.60 bits per heavy atom. The lowest BCUT2D eigenvalue weighted by atomic mass is 10.1. The molecule has 4 N–H and O–H groups in total. The molecule has 0 fully saturated rings. The number of ether oxygens (including phenoxy) is 1. The average molecular weight is 279 g/mol. The number of amides is 1. The predicted octanol–water partition coefficient (Wildman–Crippen LogP) is 2.19. The summed E-state index contributed by atoms with van der Waals surface area (Å²) in [5.74, 6) is 1.09. The third-order valence-corrected chi connectivity index (χ3v) is 2.60. The first kappa shape index (κ1) is 15.8. The van der Waals surface area contributed by atoms with E-state index in [2.05, 4.69) is 24.3 Å². The Kier molecular flexibility index (Phi) is 6.36. The van der Waals surface area contributed by atoms with Gasteiger partial charge in [-0.3, -0.25) is 4.79 Å². The molecule has 0 aliphatic heterocycles. The van der Waals surface area contributed by atoms with E-state index < -0.39 is 0 Å². The van der Waals surface area contributed by atoms with Gasteiger partial charge >= 0.3 is 0 Å². The van der Waals surface area contributed by atoms with Crippen molar-refractivity contribution in [1.29, 1.82) is 0 Å². The van der Waals surface area contributed by atoms with Crippen LogP contribution in [-0.4, -0.2) is 23.6 Å². The molecule has 0 spiro atoms. The third kappa shape index (κ3) is 6.08.